The minimum Gasteiger partial charge on any atom is -0.493 e. The van der Waals surface area contributed by atoms with Crippen molar-refractivity contribution in [1.29, 1.82) is 0 Å². The number of rotatable bonds is 7. The highest BCUT2D eigenvalue weighted by atomic mass is 32.2. The Kier molecular flexibility index (Phi) is 7.17. The van der Waals surface area contributed by atoms with Gasteiger partial charge in [-0.25, -0.2) is 8.42 Å². The molecule has 0 spiro atoms. The number of carbonyl (C=O) groups is 1. The number of sulfonamides is 1. The number of nitrogens with zero attached hydrogens (tertiary/aromatic N) is 1. The summed E-state index contributed by atoms with van der Waals surface area (Å²) in [5.41, 5.74) is 0.760. The van der Waals surface area contributed by atoms with Gasteiger partial charge in [0.15, 0.2) is 11.5 Å². The number of aryl methyl sites for hydroxylation is 1. The zero-order valence-corrected chi connectivity index (χ0v) is 19.6. The number of methoxy groups -OCH3 is 3. The molecule has 0 bridgehead atoms. The van der Waals surface area contributed by atoms with Gasteiger partial charge in [-0.1, -0.05) is 0 Å². The molecule has 1 aromatic heterocycles. The SMILES string of the molecule is COc1cc(C(=O)Nc2cc(S(=O)(=O)N3CCSCC3)sc2C)cc(OC)c1OC. The number of hydrogen-bond donors (Lipinski definition) is 1. The molecule has 2 aromatic rings. The predicted molar refractivity (Wildman–Crippen MR) is 119 cm³/mol. The Morgan fingerprint density at radius 3 is 2.17 bits per heavy atom. The van der Waals surface area contributed by atoms with Crippen molar-refractivity contribution in [3.8, 4) is 17.2 Å². The number of anilines is 1. The van der Waals surface area contributed by atoms with Crippen LogP contribution in [0.5, 0.6) is 17.2 Å². The van der Waals surface area contributed by atoms with E-state index in [0.29, 0.717) is 46.5 Å². The van der Waals surface area contributed by atoms with Gasteiger partial charge in [-0.3, -0.25) is 4.79 Å². The first-order chi connectivity index (χ1) is 14.3. The Bertz CT molecular complexity index is 1000. The normalized spacial score (nSPS) is 14.9. The third kappa shape index (κ3) is 4.53. The third-order valence-corrected chi connectivity index (χ3v) is 8.98. The van der Waals surface area contributed by atoms with Crippen molar-refractivity contribution in [3.05, 3.63) is 28.6 Å². The van der Waals surface area contributed by atoms with Crippen LogP contribution in [0.1, 0.15) is 15.2 Å². The van der Waals surface area contributed by atoms with E-state index in [0.717, 1.165) is 22.8 Å². The van der Waals surface area contributed by atoms with Gasteiger partial charge < -0.3 is 19.5 Å². The van der Waals surface area contributed by atoms with E-state index in [-0.39, 0.29) is 4.21 Å². The molecule has 2 heterocycles. The van der Waals surface area contributed by atoms with Gasteiger partial charge in [0.1, 0.15) is 4.21 Å². The molecule has 1 aromatic carbocycles. The lowest BCUT2D eigenvalue weighted by atomic mass is 10.1. The average molecular weight is 473 g/mol. The van der Waals surface area contributed by atoms with E-state index in [4.69, 9.17) is 14.2 Å². The quantitative estimate of drug-likeness (QED) is 0.662. The summed E-state index contributed by atoms with van der Waals surface area (Å²) in [7, 11) is 0.861. The van der Waals surface area contributed by atoms with Crippen LogP contribution >= 0.6 is 23.1 Å². The number of benzene rings is 1. The number of hydrogen-bond acceptors (Lipinski definition) is 8. The zero-order chi connectivity index (χ0) is 21.9. The Morgan fingerprint density at radius 2 is 1.63 bits per heavy atom. The summed E-state index contributed by atoms with van der Waals surface area (Å²) in [4.78, 5) is 13.6. The van der Waals surface area contributed by atoms with Gasteiger partial charge >= 0.3 is 0 Å². The molecule has 0 unspecified atom stereocenters. The number of amides is 1. The molecule has 1 N–H and O–H groups in total. The lowest BCUT2D eigenvalue weighted by Crippen LogP contribution is -2.37. The monoisotopic (exact) mass is 472 g/mol. The molecule has 1 aliphatic heterocycles. The number of thioether (sulfide) groups is 1. The molecule has 1 saturated heterocycles. The minimum absolute atomic E-state index is 0.229. The molecular weight excluding hydrogens is 448 g/mol. The van der Waals surface area contributed by atoms with Crippen LogP contribution in [-0.2, 0) is 10.0 Å². The zero-order valence-electron chi connectivity index (χ0n) is 17.2. The van der Waals surface area contributed by atoms with Gasteiger partial charge in [0.25, 0.3) is 15.9 Å². The maximum Gasteiger partial charge on any atom is 0.255 e. The fraction of sp³-hybridized carbons (Fsp3) is 0.421. The molecule has 0 atom stereocenters. The predicted octanol–water partition coefficient (Wildman–Crippen LogP) is 3.07. The first-order valence-corrected chi connectivity index (χ1v) is 12.5. The van der Waals surface area contributed by atoms with Gasteiger partial charge in [-0.15, -0.1) is 11.3 Å². The molecule has 8 nitrogen and oxygen atoms in total. The average Bonchev–Trinajstić information content (AvgIpc) is 3.14. The molecule has 0 radical (unpaired) electrons. The third-order valence-electron chi connectivity index (χ3n) is 4.63. The van der Waals surface area contributed by atoms with Gasteiger partial charge in [0.2, 0.25) is 5.75 Å². The molecule has 1 aliphatic rings. The maximum absolute atomic E-state index is 12.9. The fourth-order valence-electron chi connectivity index (χ4n) is 3.03. The molecule has 3 rings (SSSR count). The van der Waals surface area contributed by atoms with Crippen LogP contribution in [0.25, 0.3) is 0 Å². The second kappa shape index (κ2) is 9.46. The lowest BCUT2D eigenvalue weighted by molar-refractivity contribution is 0.102. The molecule has 164 valence electrons. The van der Waals surface area contributed by atoms with Crippen LogP contribution in [-0.4, -0.2) is 64.6 Å². The summed E-state index contributed by atoms with van der Waals surface area (Å²) >= 11 is 2.90. The summed E-state index contributed by atoms with van der Waals surface area (Å²) in [5, 5.41) is 2.79. The largest absolute Gasteiger partial charge is 0.493 e. The molecule has 1 fully saturated rings. The van der Waals surface area contributed by atoms with E-state index in [2.05, 4.69) is 5.32 Å². The van der Waals surface area contributed by atoms with E-state index < -0.39 is 15.9 Å². The summed E-state index contributed by atoms with van der Waals surface area (Å²) in [6.07, 6.45) is 0. The van der Waals surface area contributed by atoms with Crippen LogP contribution in [0.4, 0.5) is 5.69 Å². The number of ether oxygens (including phenoxy) is 3. The van der Waals surface area contributed by atoms with Crippen molar-refractivity contribution in [2.45, 2.75) is 11.1 Å². The highest BCUT2D eigenvalue weighted by Gasteiger charge is 2.29. The van der Waals surface area contributed by atoms with E-state index >= 15 is 0 Å². The molecule has 0 saturated carbocycles. The fourth-order valence-corrected chi connectivity index (χ4v) is 7.16. The van der Waals surface area contributed by atoms with Crippen molar-refractivity contribution in [2.24, 2.45) is 0 Å². The van der Waals surface area contributed by atoms with E-state index in [1.54, 1.807) is 30.8 Å². The highest BCUT2D eigenvalue weighted by molar-refractivity contribution is 7.99. The molecule has 30 heavy (non-hydrogen) atoms. The Hall–Kier alpha value is -1.95. The first-order valence-electron chi connectivity index (χ1n) is 9.11. The molecule has 1 amide bonds. The molecule has 0 aliphatic carbocycles. The summed E-state index contributed by atoms with van der Waals surface area (Å²) in [6, 6.07) is 4.61. The number of nitrogens with one attached hydrogen (secondary N) is 1. The topological polar surface area (TPSA) is 94.2 Å². The molecular formula is C19H24N2O6S3. The van der Waals surface area contributed by atoms with Crippen molar-refractivity contribution >= 4 is 44.7 Å². The van der Waals surface area contributed by atoms with Crippen LogP contribution in [0.2, 0.25) is 0 Å². The second-order valence-electron chi connectivity index (χ2n) is 6.42. The van der Waals surface area contributed by atoms with Crippen molar-refractivity contribution in [3.63, 3.8) is 0 Å². The van der Waals surface area contributed by atoms with E-state index in [1.807, 2.05) is 0 Å². The number of carbonyl (C=O) groups excluding carboxylic acids is 1. The highest BCUT2D eigenvalue weighted by Crippen LogP contribution is 2.39. The summed E-state index contributed by atoms with van der Waals surface area (Å²) in [6.45, 7) is 2.77. The molecule has 11 heteroatoms. The van der Waals surface area contributed by atoms with E-state index in [9.17, 15) is 13.2 Å². The van der Waals surface area contributed by atoms with Gasteiger partial charge in [-0.2, -0.15) is 16.1 Å². The summed E-state index contributed by atoms with van der Waals surface area (Å²) in [5.74, 6) is 2.26. The van der Waals surface area contributed by atoms with Crippen LogP contribution in [0.3, 0.4) is 0 Å². The second-order valence-corrected chi connectivity index (χ2v) is 11.1. The maximum atomic E-state index is 12.9. The first kappa shape index (κ1) is 22.7. The van der Waals surface area contributed by atoms with Crippen LogP contribution in [0, 0.1) is 6.92 Å². The Balaban J connectivity index is 1.86. The van der Waals surface area contributed by atoms with Crippen LogP contribution < -0.4 is 19.5 Å². The minimum atomic E-state index is -3.56. The van der Waals surface area contributed by atoms with Gasteiger partial charge in [-0.05, 0) is 25.1 Å². The number of thiophene rings is 1. The Labute approximate surface area is 184 Å². The van der Waals surface area contributed by atoms with Crippen LogP contribution in [0.15, 0.2) is 22.4 Å². The van der Waals surface area contributed by atoms with Crippen molar-refractivity contribution < 1.29 is 27.4 Å². The van der Waals surface area contributed by atoms with Crippen molar-refractivity contribution in [1.82, 2.24) is 4.31 Å². The van der Waals surface area contributed by atoms with E-state index in [1.165, 1.54) is 31.7 Å². The van der Waals surface area contributed by atoms with Gasteiger partial charge in [0, 0.05) is 35.0 Å². The lowest BCUT2D eigenvalue weighted by Gasteiger charge is -2.24. The summed E-state index contributed by atoms with van der Waals surface area (Å²) < 4.78 is 43.4. The standard InChI is InChI=1S/C19H24N2O6S3/c1-12-14(11-17(29-12)30(23,24)21-5-7-28-8-6-21)20-19(22)13-9-15(25-2)18(27-4)16(10-13)26-3/h9-11H,5-8H2,1-4H3,(H,20,22). The van der Waals surface area contributed by atoms with Gasteiger partial charge in [0.05, 0.1) is 27.0 Å². The Morgan fingerprint density at radius 1 is 1.03 bits per heavy atom. The van der Waals surface area contributed by atoms with Crippen molar-refractivity contribution in [2.75, 3.05) is 51.2 Å². The smallest absolute Gasteiger partial charge is 0.255 e.